The highest BCUT2D eigenvalue weighted by Crippen LogP contribution is 2.18. The summed E-state index contributed by atoms with van der Waals surface area (Å²) < 4.78 is 0. The lowest BCUT2D eigenvalue weighted by Gasteiger charge is -2.15. The summed E-state index contributed by atoms with van der Waals surface area (Å²) in [4.78, 5) is 20.5. The van der Waals surface area contributed by atoms with Gasteiger partial charge in [0.15, 0.2) is 0 Å². The first-order valence-electron chi connectivity index (χ1n) is 3.87. The smallest absolute Gasteiger partial charge is 0.303 e. The quantitative estimate of drug-likeness (QED) is 0.656. The van der Waals surface area contributed by atoms with Crippen LogP contribution in [0.4, 0.5) is 0 Å². The molecule has 2 atom stereocenters. The highest BCUT2D eigenvalue weighted by molar-refractivity contribution is 5.68. The molecule has 4 heteroatoms. The van der Waals surface area contributed by atoms with Crippen LogP contribution < -0.4 is 0 Å². The molecule has 70 valence electrons. The van der Waals surface area contributed by atoms with E-state index in [2.05, 4.69) is 0 Å². The zero-order valence-electron chi connectivity index (χ0n) is 7.28. The number of carboxylic acid groups (broad SMARTS) is 2. The van der Waals surface area contributed by atoms with Gasteiger partial charge in [-0.25, -0.2) is 0 Å². The predicted octanol–water partition coefficient (Wildman–Crippen LogP) is 1.21. The first-order valence-corrected chi connectivity index (χ1v) is 3.87. The largest absolute Gasteiger partial charge is 0.481 e. The van der Waals surface area contributed by atoms with Crippen LogP contribution in [-0.2, 0) is 9.59 Å². The predicted molar refractivity (Wildman–Crippen MR) is 42.8 cm³/mol. The fourth-order valence-corrected chi connectivity index (χ4v) is 0.953. The van der Waals surface area contributed by atoms with Crippen LogP contribution in [0.25, 0.3) is 0 Å². The third-order valence-electron chi connectivity index (χ3n) is 1.96. The standard InChI is InChI=1S/C8H14O4/c1-5(3-7(9)10)6(2)4-8(11)12/h5-6H,3-4H2,1-2H3,(H,9,10)(H,11,12)/t5-,6-/m0/s1. The molecule has 0 fully saturated rings. The van der Waals surface area contributed by atoms with E-state index in [1.807, 2.05) is 0 Å². The Hall–Kier alpha value is -1.06. The van der Waals surface area contributed by atoms with Gasteiger partial charge in [-0.15, -0.1) is 0 Å². The molecule has 0 aromatic carbocycles. The summed E-state index contributed by atoms with van der Waals surface area (Å²) in [6.07, 6.45) is 0.0723. The number of aliphatic carboxylic acids is 2. The molecule has 0 rings (SSSR count). The van der Waals surface area contributed by atoms with Crippen molar-refractivity contribution in [1.82, 2.24) is 0 Å². The molecule has 0 aliphatic carbocycles. The lowest BCUT2D eigenvalue weighted by molar-refractivity contribution is -0.141. The molecule has 0 radical (unpaired) electrons. The maximum absolute atomic E-state index is 10.3. The third-order valence-corrected chi connectivity index (χ3v) is 1.96. The normalized spacial score (nSPS) is 15.2. The molecule has 12 heavy (non-hydrogen) atoms. The minimum atomic E-state index is -0.875. The van der Waals surface area contributed by atoms with Crippen molar-refractivity contribution >= 4 is 11.9 Å². The van der Waals surface area contributed by atoms with Gasteiger partial charge < -0.3 is 10.2 Å². The molecule has 0 saturated carbocycles. The maximum atomic E-state index is 10.3. The van der Waals surface area contributed by atoms with Crippen molar-refractivity contribution in [1.29, 1.82) is 0 Å². The van der Waals surface area contributed by atoms with Crippen molar-refractivity contribution in [3.05, 3.63) is 0 Å². The Morgan fingerprint density at radius 2 is 1.25 bits per heavy atom. The van der Waals surface area contributed by atoms with Crippen molar-refractivity contribution in [3.63, 3.8) is 0 Å². The molecule has 0 spiro atoms. The minimum Gasteiger partial charge on any atom is -0.481 e. The maximum Gasteiger partial charge on any atom is 0.303 e. The van der Waals surface area contributed by atoms with Gasteiger partial charge >= 0.3 is 11.9 Å². The molecule has 0 saturated heterocycles. The minimum absolute atomic E-state index is 0.0362. The van der Waals surface area contributed by atoms with E-state index >= 15 is 0 Å². The highest BCUT2D eigenvalue weighted by atomic mass is 16.4. The molecule has 0 heterocycles. The summed E-state index contributed by atoms with van der Waals surface area (Å²) >= 11 is 0. The van der Waals surface area contributed by atoms with E-state index in [9.17, 15) is 9.59 Å². The number of hydrogen-bond acceptors (Lipinski definition) is 2. The van der Waals surface area contributed by atoms with Gasteiger partial charge in [-0.05, 0) is 11.8 Å². The molecule has 2 N–H and O–H groups in total. The van der Waals surface area contributed by atoms with E-state index in [1.54, 1.807) is 13.8 Å². The molecular weight excluding hydrogens is 160 g/mol. The Morgan fingerprint density at radius 1 is 1.00 bits per heavy atom. The molecule has 0 aromatic rings. The summed E-state index contributed by atoms with van der Waals surface area (Å²) in [6, 6.07) is 0. The van der Waals surface area contributed by atoms with Crippen LogP contribution in [0.2, 0.25) is 0 Å². The van der Waals surface area contributed by atoms with Crippen LogP contribution in [-0.4, -0.2) is 22.2 Å². The lowest BCUT2D eigenvalue weighted by atomic mass is 9.90. The van der Waals surface area contributed by atoms with Crippen LogP contribution in [0.3, 0.4) is 0 Å². The van der Waals surface area contributed by atoms with Gasteiger partial charge in [0.1, 0.15) is 0 Å². The third kappa shape index (κ3) is 4.71. The Morgan fingerprint density at radius 3 is 1.42 bits per heavy atom. The number of carboxylic acids is 2. The van der Waals surface area contributed by atoms with Gasteiger partial charge in [-0.1, -0.05) is 13.8 Å². The number of rotatable bonds is 5. The van der Waals surface area contributed by atoms with Crippen LogP contribution >= 0.6 is 0 Å². The summed E-state index contributed by atoms with van der Waals surface area (Å²) in [7, 11) is 0. The Bertz CT molecular complexity index is 156. The van der Waals surface area contributed by atoms with Gasteiger partial charge in [-0.3, -0.25) is 9.59 Å². The van der Waals surface area contributed by atoms with Crippen molar-refractivity contribution in [3.8, 4) is 0 Å². The topological polar surface area (TPSA) is 74.6 Å². The van der Waals surface area contributed by atoms with Crippen LogP contribution in [0, 0.1) is 11.8 Å². The summed E-state index contributed by atoms with van der Waals surface area (Å²) in [5.41, 5.74) is 0. The Labute approximate surface area is 71.2 Å². The van der Waals surface area contributed by atoms with E-state index in [4.69, 9.17) is 10.2 Å². The fourth-order valence-electron chi connectivity index (χ4n) is 0.953. The molecule has 0 amide bonds. The average molecular weight is 174 g/mol. The Kier molecular flexibility index (Phi) is 4.33. The molecule has 4 nitrogen and oxygen atoms in total. The first kappa shape index (κ1) is 10.9. The van der Waals surface area contributed by atoms with Gasteiger partial charge in [0.05, 0.1) is 0 Å². The van der Waals surface area contributed by atoms with E-state index < -0.39 is 11.9 Å². The molecule has 0 unspecified atom stereocenters. The fraction of sp³-hybridized carbons (Fsp3) is 0.750. The van der Waals surface area contributed by atoms with Crippen molar-refractivity contribution in [2.24, 2.45) is 11.8 Å². The van der Waals surface area contributed by atoms with Crippen LogP contribution in [0.15, 0.2) is 0 Å². The first-order chi connectivity index (χ1) is 5.43. The van der Waals surface area contributed by atoms with Crippen LogP contribution in [0.5, 0.6) is 0 Å². The highest BCUT2D eigenvalue weighted by Gasteiger charge is 2.17. The summed E-state index contributed by atoms with van der Waals surface area (Å²) in [5, 5.41) is 16.8. The van der Waals surface area contributed by atoms with Crippen LogP contribution in [0.1, 0.15) is 26.7 Å². The second-order valence-corrected chi connectivity index (χ2v) is 3.15. The lowest BCUT2D eigenvalue weighted by Crippen LogP contribution is -2.16. The summed E-state index contributed by atoms with van der Waals surface area (Å²) in [6.45, 7) is 3.50. The molecule has 0 aliphatic heterocycles. The Balaban J connectivity index is 3.83. The molecule has 0 aromatic heterocycles. The van der Waals surface area contributed by atoms with E-state index in [1.165, 1.54) is 0 Å². The molecule has 0 bridgehead atoms. The van der Waals surface area contributed by atoms with Crippen molar-refractivity contribution in [2.75, 3.05) is 0 Å². The molecule has 0 aliphatic rings. The zero-order valence-corrected chi connectivity index (χ0v) is 7.28. The van der Waals surface area contributed by atoms with E-state index in [-0.39, 0.29) is 24.7 Å². The zero-order chi connectivity index (χ0) is 9.72. The van der Waals surface area contributed by atoms with Gasteiger partial charge in [-0.2, -0.15) is 0 Å². The van der Waals surface area contributed by atoms with Crippen molar-refractivity contribution in [2.45, 2.75) is 26.7 Å². The number of hydrogen-bond donors (Lipinski definition) is 2. The van der Waals surface area contributed by atoms with E-state index in [0.29, 0.717) is 0 Å². The second-order valence-electron chi connectivity index (χ2n) is 3.15. The van der Waals surface area contributed by atoms with E-state index in [0.717, 1.165) is 0 Å². The monoisotopic (exact) mass is 174 g/mol. The van der Waals surface area contributed by atoms with Crippen molar-refractivity contribution < 1.29 is 19.8 Å². The number of carbonyl (C=O) groups is 2. The average Bonchev–Trinajstić information content (AvgIpc) is 1.84. The van der Waals surface area contributed by atoms with Gasteiger partial charge in [0.25, 0.3) is 0 Å². The summed E-state index contributed by atoms with van der Waals surface area (Å²) in [5.74, 6) is -1.92. The van der Waals surface area contributed by atoms with Gasteiger partial charge in [0, 0.05) is 12.8 Å². The SMILES string of the molecule is C[C@@H](CC(=O)O)[C@@H](C)CC(=O)O. The second kappa shape index (κ2) is 4.74. The molecular formula is C8H14O4. The van der Waals surface area contributed by atoms with Gasteiger partial charge in [0.2, 0.25) is 0 Å².